The van der Waals surface area contributed by atoms with E-state index in [9.17, 15) is 16.8 Å². The first-order chi connectivity index (χ1) is 7.09. The van der Waals surface area contributed by atoms with Crippen LogP contribution < -0.4 is 4.18 Å². The molecular formula is C6H6KO8S2. The molecule has 0 aliphatic rings. The fourth-order valence-corrected chi connectivity index (χ4v) is 1.94. The monoisotopic (exact) mass is 309 g/mol. The molecule has 0 aliphatic carbocycles. The Kier molecular flexibility index (Phi) is 6.04. The number of phenolic OH excluding ortho intramolecular Hbond substituents is 1. The van der Waals surface area contributed by atoms with Crippen molar-refractivity contribution < 1.29 is 35.2 Å². The number of phenols is 1. The first-order valence-corrected chi connectivity index (χ1v) is 6.37. The normalized spacial score (nSPS) is 11.6. The van der Waals surface area contributed by atoms with Crippen LogP contribution in [0.5, 0.6) is 11.5 Å². The van der Waals surface area contributed by atoms with Crippen molar-refractivity contribution in [2.75, 3.05) is 0 Å². The van der Waals surface area contributed by atoms with E-state index in [1.54, 1.807) is 0 Å². The van der Waals surface area contributed by atoms with E-state index in [1.165, 1.54) is 0 Å². The van der Waals surface area contributed by atoms with E-state index in [-0.39, 0.29) is 51.4 Å². The summed E-state index contributed by atoms with van der Waals surface area (Å²) >= 11 is 0. The van der Waals surface area contributed by atoms with Gasteiger partial charge in [0.1, 0.15) is 10.6 Å². The van der Waals surface area contributed by atoms with Crippen LogP contribution in [0.25, 0.3) is 0 Å². The number of rotatable bonds is 3. The van der Waals surface area contributed by atoms with Crippen molar-refractivity contribution in [3.05, 3.63) is 18.2 Å². The minimum atomic E-state index is -4.93. The maximum atomic E-state index is 10.8. The Bertz CT molecular complexity index is 605. The van der Waals surface area contributed by atoms with Crippen molar-refractivity contribution in [2.45, 2.75) is 4.90 Å². The molecule has 0 heterocycles. The van der Waals surface area contributed by atoms with Crippen molar-refractivity contribution in [2.24, 2.45) is 0 Å². The molecule has 0 atom stereocenters. The van der Waals surface area contributed by atoms with E-state index in [0.29, 0.717) is 6.07 Å². The van der Waals surface area contributed by atoms with Gasteiger partial charge in [0, 0.05) is 57.5 Å². The zero-order valence-corrected chi connectivity index (χ0v) is 13.2. The van der Waals surface area contributed by atoms with Gasteiger partial charge in [0.25, 0.3) is 10.1 Å². The number of benzene rings is 1. The third-order valence-electron chi connectivity index (χ3n) is 1.40. The molecule has 0 saturated heterocycles. The maximum Gasteiger partial charge on any atom is 0.446 e. The van der Waals surface area contributed by atoms with Gasteiger partial charge in [-0.15, -0.1) is 0 Å². The molecule has 91 valence electrons. The first kappa shape index (κ1) is 17.3. The Labute approximate surface area is 140 Å². The van der Waals surface area contributed by atoms with Gasteiger partial charge in [-0.2, -0.15) is 16.8 Å². The second-order valence-electron chi connectivity index (χ2n) is 2.62. The minimum Gasteiger partial charge on any atom is -0.508 e. The molecule has 8 nitrogen and oxygen atoms in total. The molecule has 11 heteroatoms. The van der Waals surface area contributed by atoms with Gasteiger partial charge >= 0.3 is 10.4 Å². The Morgan fingerprint density at radius 1 is 1.06 bits per heavy atom. The molecule has 0 bridgehead atoms. The van der Waals surface area contributed by atoms with Crippen LogP contribution in [0.1, 0.15) is 0 Å². The molecule has 3 N–H and O–H groups in total. The predicted molar refractivity (Wildman–Crippen MR) is 55.9 cm³/mol. The summed E-state index contributed by atoms with van der Waals surface area (Å²) in [5, 5.41) is 8.96. The SMILES string of the molecule is O=S(=O)(O)Oc1ccc(O)cc1S(=O)(=O)O.[K]. The van der Waals surface area contributed by atoms with Gasteiger partial charge in [0.15, 0.2) is 5.75 Å². The van der Waals surface area contributed by atoms with Gasteiger partial charge in [-0.1, -0.05) is 0 Å². The minimum absolute atomic E-state index is 0. The van der Waals surface area contributed by atoms with E-state index in [1.807, 2.05) is 0 Å². The Morgan fingerprint density at radius 2 is 1.59 bits per heavy atom. The van der Waals surface area contributed by atoms with Crippen molar-refractivity contribution >= 4 is 71.9 Å². The Morgan fingerprint density at radius 3 is 2.00 bits per heavy atom. The molecule has 0 aliphatic heterocycles. The summed E-state index contributed by atoms with van der Waals surface area (Å²) in [6.07, 6.45) is 0. The summed E-state index contributed by atoms with van der Waals surface area (Å²) < 4.78 is 63.2. The van der Waals surface area contributed by atoms with Crippen LogP contribution in [0.3, 0.4) is 0 Å². The van der Waals surface area contributed by atoms with Crippen molar-refractivity contribution in [3.63, 3.8) is 0 Å². The maximum absolute atomic E-state index is 10.8. The fourth-order valence-electron chi connectivity index (χ4n) is 0.881. The summed E-state index contributed by atoms with van der Waals surface area (Å²) in [6, 6.07) is 2.23. The van der Waals surface area contributed by atoms with E-state index in [0.717, 1.165) is 12.1 Å². The number of aromatic hydroxyl groups is 1. The van der Waals surface area contributed by atoms with E-state index in [4.69, 9.17) is 14.2 Å². The van der Waals surface area contributed by atoms with Crippen LogP contribution in [0.15, 0.2) is 23.1 Å². The van der Waals surface area contributed by atoms with Crippen LogP contribution in [0.2, 0.25) is 0 Å². The summed E-state index contributed by atoms with van der Waals surface area (Å²) in [6.45, 7) is 0. The summed E-state index contributed by atoms with van der Waals surface area (Å²) in [4.78, 5) is -0.981. The smallest absolute Gasteiger partial charge is 0.446 e. The molecular weight excluding hydrogens is 303 g/mol. The number of hydrogen-bond donors (Lipinski definition) is 3. The quantitative estimate of drug-likeness (QED) is 0.499. The first-order valence-electron chi connectivity index (χ1n) is 3.57. The van der Waals surface area contributed by atoms with Crippen LogP contribution in [0.4, 0.5) is 0 Å². The molecule has 0 amide bonds. The largest absolute Gasteiger partial charge is 0.508 e. The van der Waals surface area contributed by atoms with Crippen molar-refractivity contribution in [1.82, 2.24) is 0 Å². The fraction of sp³-hybridized carbons (Fsp3) is 0. The van der Waals surface area contributed by atoms with Crippen LogP contribution in [-0.4, -0.2) is 82.4 Å². The molecule has 1 rings (SSSR count). The molecule has 1 aromatic rings. The average Bonchev–Trinajstić information content (AvgIpc) is 2.04. The standard InChI is InChI=1S/C6H6O8S2.K/c7-4-1-2-5(14-16(11,12)13)6(3-4)15(8,9)10;/h1-3,7H,(H,8,9,10)(H,11,12,13);. The summed E-state index contributed by atoms with van der Waals surface area (Å²) in [7, 11) is -9.72. The third kappa shape index (κ3) is 5.63. The van der Waals surface area contributed by atoms with Gasteiger partial charge in [-0.3, -0.25) is 9.11 Å². The number of hydrogen-bond acceptors (Lipinski definition) is 6. The third-order valence-corrected chi connectivity index (χ3v) is 2.67. The van der Waals surface area contributed by atoms with Crippen LogP contribution in [0, 0.1) is 0 Å². The zero-order chi connectivity index (χ0) is 12.6. The van der Waals surface area contributed by atoms with Gasteiger partial charge in [-0.25, -0.2) is 0 Å². The van der Waals surface area contributed by atoms with E-state index < -0.39 is 36.9 Å². The topological polar surface area (TPSA) is 138 Å². The van der Waals surface area contributed by atoms with Gasteiger partial charge in [0.05, 0.1) is 0 Å². The van der Waals surface area contributed by atoms with Crippen molar-refractivity contribution in [3.8, 4) is 11.5 Å². The summed E-state index contributed by atoms with van der Waals surface area (Å²) in [5.41, 5.74) is 0. The zero-order valence-electron chi connectivity index (χ0n) is 8.43. The second-order valence-corrected chi connectivity index (χ2v) is 5.03. The second kappa shape index (κ2) is 5.95. The van der Waals surface area contributed by atoms with Crippen LogP contribution in [-0.2, 0) is 20.5 Å². The van der Waals surface area contributed by atoms with Crippen molar-refractivity contribution in [1.29, 1.82) is 0 Å². The molecule has 0 fully saturated rings. The van der Waals surface area contributed by atoms with Gasteiger partial charge in [-0.05, 0) is 12.1 Å². The van der Waals surface area contributed by atoms with Gasteiger partial charge in [0.2, 0.25) is 0 Å². The molecule has 0 spiro atoms. The summed E-state index contributed by atoms with van der Waals surface area (Å²) in [5.74, 6) is -1.36. The predicted octanol–water partition coefficient (Wildman–Crippen LogP) is -0.560. The molecule has 17 heavy (non-hydrogen) atoms. The van der Waals surface area contributed by atoms with E-state index >= 15 is 0 Å². The van der Waals surface area contributed by atoms with Gasteiger partial charge < -0.3 is 9.29 Å². The molecule has 0 saturated carbocycles. The molecule has 0 unspecified atom stereocenters. The Balaban J connectivity index is 0.00000256. The molecule has 1 aromatic carbocycles. The molecule has 0 aromatic heterocycles. The van der Waals surface area contributed by atoms with Crippen LogP contribution >= 0.6 is 0 Å². The average molecular weight is 309 g/mol. The van der Waals surface area contributed by atoms with E-state index in [2.05, 4.69) is 4.18 Å². The Hall–Kier alpha value is 0.276. The molecule has 1 radical (unpaired) electrons.